The second kappa shape index (κ2) is 4.39. The van der Waals surface area contributed by atoms with Crippen LogP contribution < -0.4 is 0 Å². The van der Waals surface area contributed by atoms with Gasteiger partial charge in [-0.25, -0.2) is 8.42 Å². The molecule has 0 aliphatic carbocycles. The number of hydrogen-bond acceptors (Lipinski definition) is 4. The molecule has 1 rings (SSSR count). The van der Waals surface area contributed by atoms with Crippen molar-refractivity contribution in [3.05, 3.63) is 11.9 Å². The molecule has 0 spiro atoms. The third-order valence-corrected chi connectivity index (χ3v) is 3.05. The maximum absolute atomic E-state index is 10.9. The standard InChI is InChI=1S/C7H12BrN3O2S/c1-6(8)7-5-11(10-9-7)3-4-14(2,12)13/h5-6H,3-4H2,1-2H3. The van der Waals surface area contributed by atoms with Gasteiger partial charge in [0.25, 0.3) is 0 Å². The Kier molecular flexibility index (Phi) is 3.65. The maximum Gasteiger partial charge on any atom is 0.149 e. The van der Waals surface area contributed by atoms with Gasteiger partial charge in [-0.15, -0.1) is 5.10 Å². The molecule has 0 saturated heterocycles. The molecule has 1 heterocycles. The first-order valence-corrected chi connectivity index (χ1v) is 7.08. The van der Waals surface area contributed by atoms with Crippen molar-refractivity contribution in [3.63, 3.8) is 0 Å². The Labute approximate surface area is 91.5 Å². The molecule has 1 aromatic rings. The SMILES string of the molecule is CC(Br)c1cn(CCS(C)(=O)=O)nn1. The minimum atomic E-state index is -2.93. The van der Waals surface area contributed by atoms with Crippen molar-refractivity contribution in [2.24, 2.45) is 0 Å². The molecule has 0 aliphatic heterocycles. The van der Waals surface area contributed by atoms with Gasteiger partial charge >= 0.3 is 0 Å². The molecule has 7 heteroatoms. The van der Waals surface area contributed by atoms with Gasteiger partial charge in [0.1, 0.15) is 9.84 Å². The molecule has 14 heavy (non-hydrogen) atoms. The monoisotopic (exact) mass is 281 g/mol. The summed E-state index contributed by atoms with van der Waals surface area (Å²) in [4.78, 5) is 0.134. The lowest BCUT2D eigenvalue weighted by atomic mass is 10.4. The minimum absolute atomic E-state index is 0.0897. The number of nitrogens with zero attached hydrogens (tertiary/aromatic N) is 3. The van der Waals surface area contributed by atoms with Crippen LogP contribution in [0.25, 0.3) is 0 Å². The average molecular weight is 282 g/mol. The fourth-order valence-electron chi connectivity index (χ4n) is 0.864. The van der Waals surface area contributed by atoms with Gasteiger partial charge in [0.2, 0.25) is 0 Å². The Morgan fingerprint density at radius 1 is 1.64 bits per heavy atom. The molecule has 1 unspecified atom stereocenters. The topological polar surface area (TPSA) is 64.8 Å². The molecular formula is C7H12BrN3O2S. The van der Waals surface area contributed by atoms with Crippen LogP contribution in [0.4, 0.5) is 0 Å². The summed E-state index contributed by atoms with van der Waals surface area (Å²) in [5.41, 5.74) is 0.804. The maximum atomic E-state index is 10.9. The predicted molar refractivity (Wildman–Crippen MR) is 57.1 cm³/mol. The molecule has 5 nitrogen and oxygen atoms in total. The number of aromatic nitrogens is 3. The highest BCUT2D eigenvalue weighted by atomic mass is 79.9. The average Bonchev–Trinajstić information content (AvgIpc) is 2.47. The first kappa shape index (κ1) is 11.6. The third-order valence-electron chi connectivity index (χ3n) is 1.66. The van der Waals surface area contributed by atoms with Crippen molar-refractivity contribution in [1.29, 1.82) is 0 Å². The van der Waals surface area contributed by atoms with Crippen LogP contribution in [0.3, 0.4) is 0 Å². The molecule has 0 radical (unpaired) electrons. The van der Waals surface area contributed by atoms with Crippen LogP contribution in [0.5, 0.6) is 0 Å². The summed E-state index contributed by atoms with van der Waals surface area (Å²) in [5.74, 6) is 0.0897. The molecule has 0 bridgehead atoms. The molecule has 0 aliphatic rings. The van der Waals surface area contributed by atoms with Crippen LogP contribution in [0.2, 0.25) is 0 Å². The van der Waals surface area contributed by atoms with E-state index < -0.39 is 9.84 Å². The summed E-state index contributed by atoms with van der Waals surface area (Å²) in [6.07, 6.45) is 2.95. The van der Waals surface area contributed by atoms with E-state index in [-0.39, 0.29) is 10.6 Å². The van der Waals surface area contributed by atoms with Gasteiger partial charge in [-0.3, -0.25) is 4.68 Å². The quantitative estimate of drug-likeness (QED) is 0.765. The highest BCUT2D eigenvalue weighted by Crippen LogP contribution is 2.17. The first-order valence-electron chi connectivity index (χ1n) is 4.10. The Balaban J connectivity index is 2.61. The lowest BCUT2D eigenvalue weighted by Crippen LogP contribution is -2.11. The van der Waals surface area contributed by atoms with Gasteiger partial charge in [-0.05, 0) is 6.92 Å². The van der Waals surface area contributed by atoms with Gasteiger partial charge in [0.05, 0.1) is 22.8 Å². The highest BCUT2D eigenvalue weighted by molar-refractivity contribution is 9.09. The summed E-state index contributed by atoms with van der Waals surface area (Å²) in [5, 5.41) is 7.70. The van der Waals surface area contributed by atoms with Gasteiger partial charge in [-0.1, -0.05) is 21.1 Å². The molecule has 0 fully saturated rings. The Morgan fingerprint density at radius 2 is 2.29 bits per heavy atom. The van der Waals surface area contributed by atoms with E-state index in [0.717, 1.165) is 5.69 Å². The van der Waals surface area contributed by atoms with Crippen LogP contribution in [0.1, 0.15) is 17.4 Å². The second-order valence-corrected chi connectivity index (χ2v) is 6.79. The zero-order chi connectivity index (χ0) is 10.8. The zero-order valence-corrected chi connectivity index (χ0v) is 10.4. The molecule has 0 saturated carbocycles. The predicted octanol–water partition coefficient (Wildman–Crippen LogP) is 0.779. The van der Waals surface area contributed by atoms with Crippen molar-refractivity contribution >= 4 is 25.8 Å². The van der Waals surface area contributed by atoms with E-state index in [1.165, 1.54) is 10.9 Å². The van der Waals surface area contributed by atoms with E-state index in [9.17, 15) is 8.42 Å². The number of aryl methyl sites for hydroxylation is 1. The van der Waals surface area contributed by atoms with E-state index >= 15 is 0 Å². The van der Waals surface area contributed by atoms with Crippen LogP contribution in [-0.2, 0) is 16.4 Å². The molecule has 80 valence electrons. The summed E-state index contributed by atoms with van der Waals surface area (Å²) in [7, 11) is -2.93. The summed E-state index contributed by atoms with van der Waals surface area (Å²) < 4.78 is 23.3. The van der Waals surface area contributed by atoms with Gasteiger partial charge in [0, 0.05) is 12.5 Å². The Morgan fingerprint density at radius 3 is 2.71 bits per heavy atom. The molecule has 1 aromatic heterocycles. The van der Waals surface area contributed by atoms with E-state index in [2.05, 4.69) is 26.2 Å². The Bertz CT molecular complexity index is 399. The van der Waals surface area contributed by atoms with Gasteiger partial charge in [0.15, 0.2) is 0 Å². The largest absolute Gasteiger partial charge is 0.251 e. The van der Waals surface area contributed by atoms with Gasteiger partial charge in [-0.2, -0.15) is 0 Å². The van der Waals surface area contributed by atoms with Crippen molar-refractivity contribution in [3.8, 4) is 0 Å². The Hall–Kier alpha value is -0.430. The van der Waals surface area contributed by atoms with Crippen molar-refractivity contribution in [2.45, 2.75) is 18.3 Å². The lowest BCUT2D eigenvalue weighted by molar-refractivity contribution is 0.579. The van der Waals surface area contributed by atoms with Gasteiger partial charge < -0.3 is 0 Å². The molecule has 0 amide bonds. The van der Waals surface area contributed by atoms with Crippen molar-refractivity contribution < 1.29 is 8.42 Å². The minimum Gasteiger partial charge on any atom is -0.251 e. The van der Waals surface area contributed by atoms with Crippen LogP contribution >= 0.6 is 15.9 Å². The second-order valence-electron chi connectivity index (χ2n) is 3.15. The summed E-state index contributed by atoms with van der Waals surface area (Å²) in [6, 6.07) is 0. The highest BCUT2D eigenvalue weighted by Gasteiger charge is 2.08. The lowest BCUT2D eigenvalue weighted by Gasteiger charge is -1.97. The van der Waals surface area contributed by atoms with E-state index in [4.69, 9.17) is 0 Å². The van der Waals surface area contributed by atoms with Crippen molar-refractivity contribution in [1.82, 2.24) is 15.0 Å². The van der Waals surface area contributed by atoms with E-state index in [1.54, 1.807) is 6.20 Å². The number of alkyl halides is 1. The van der Waals surface area contributed by atoms with Crippen LogP contribution in [0, 0.1) is 0 Å². The summed E-state index contributed by atoms with van der Waals surface area (Å²) >= 11 is 3.35. The number of hydrogen-bond donors (Lipinski definition) is 0. The first-order chi connectivity index (χ1) is 6.38. The smallest absolute Gasteiger partial charge is 0.149 e. The fourth-order valence-corrected chi connectivity index (χ4v) is 1.59. The molecule has 0 aromatic carbocycles. The van der Waals surface area contributed by atoms with E-state index in [1.807, 2.05) is 6.92 Å². The number of rotatable bonds is 4. The van der Waals surface area contributed by atoms with Crippen molar-refractivity contribution in [2.75, 3.05) is 12.0 Å². The van der Waals surface area contributed by atoms with Crippen LogP contribution in [0.15, 0.2) is 6.20 Å². The zero-order valence-electron chi connectivity index (χ0n) is 8.01. The number of sulfone groups is 1. The normalized spacial score (nSPS) is 14.2. The van der Waals surface area contributed by atoms with E-state index in [0.29, 0.717) is 6.54 Å². The summed E-state index contributed by atoms with van der Waals surface area (Å²) in [6.45, 7) is 2.29. The number of halogens is 1. The van der Waals surface area contributed by atoms with Crippen LogP contribution in [-0.4, -0.2) is 35.4 Å². The molecule has 1 atom stereocenters. The molecule has 0 N–H and O–H groups in total. The third kappa shape index (κ3) is 3.75. The molecular weight excluding hydrogens is 270 g/mol. The fraction of sp³-hybridized carbons (Fsp3) is 0.714.